The predicted molar refractivity (Wildman–Crippen MR) is 90.4 cm³/mol. The minimum Gasteiger partial charge on any atom is -0.295 e. The van der Waals surface area contributed by atoms with Crippen LogP contribution < -0.4 is 0 Å². The number of benzene rings is 1. The zero-order chi connectivity index (χ0) is 13.3. The standard InChI is InChI=1S/C18H29N.ClH/c1-2-3-4-5-6-7-8-11-14-19-15-17-12-9-10-13-18(17)16-19;/h9-10,12-13H,2-8,11,14-16H2,1H3;1H. The maximum atomic E-state index is 2.60. The Hall–Kier alpha value is -0.530. The lowest BCUT2D eigenvalue weighted by Gasteiger charge is -2.14. The van der Waals surface area contributed by atoms with Gasteiger partial charge in [0.15, 0.2) is 0 Å². The summed E-state index contributed by atoms with van der Waals surface area (Å²) >= 11 is 0. The van der Waals surface area contributed by atoms with Crippen LogP contribution in [0.15, 0.2) is 24.3 Å². The Labute approximate surface area is 131 Å². The van der Waals surface area contributed by atoms with E-state index in [0.29, 0.717) is 0 Å². The molecule has 1 aliphatic heterocycles. The van der Waals surface area contributed by atoms with Crippen molar-refractivity contribution in [3.8, 4) is 0 Å². The van der Waals surface area contributed by atoms with Crippen LogP contribution in [0.1, 0.15) is 69.4 Å². The van der Waals surface area contributed by atoms with Gasteiger partial charge in [-0.15, -0.1) is 12.4 Å². The second-order valence-electron chi connectivity index (χ2n) is 5.95. The molecule has 0 aliphatic carbocycles. The van der Waals surface area contributed by atoms with Crippen LogP contribution in [0.3, 0.4) is 0 Å². The molecule has 1 heterocycles. The Morgan fingerprint density at radius 3 is 1.85 bits per heavy atom. The number of halogens is 1. The fourth-order valence-corrected chi connectivity index (χ4v) is 3.03. The summed E-state index contributed by atoms with van der Waals surface area (Å²) in [7, 11) is 0. The highest BCUT2D eigenvalue weighted by Crippen LogP contribution is 2.22. The average molecular weight is 296 g/mol. The molecule has 2 heteroatoms. The van der Waals surface area contributed by atoms with Crippen molar-refractivity contribution in [1.29, 1.82) is 0 Å². The maximum absolute atomic E-state index is 2.60. The quantitative estimate of drug-likeness (QED) is 0.539. The SMILES string of the molecule is CCCCCCCCCCN1Cc2ccccc2C1.Cl. The molecule has 0 N–H and O–H groups in total. The smallest absolute Gasteiger partial charge is 0.0240 e. The molecule has 0 amide bonds. The van der Waals surface area contributed by atoms with Gasteiger partial charge in [-0.3, -0.25) is 4.90 Å². The van der Waals surface area contributed by atoms with Gasteiger partial charge in [0.1, 0.15) is 0 Å². The Balaban J connectivity index is 0.00000200. The Bertz CT molecular complexity index is 339. The topological polar surface area (TPSA) is 3.24 Å². The Morgan fingerprint density at radius 2 is 1.30 bits per heavy atom. The first-order chi connectivity index (χ1) is 9.40. The van der Waals surface area contributed by atoms with E-state index in [-0.39, 0.29) is 12.4 Å². The first-order valence-corrected chi connectivity index (χ1v) is 8.19. The van der Waals surface area contributed by atoms with E-state index < -0.39 is 0 Å². The molecule has 0 spiro atoms. The van der Waals surface area contributed by atoms with E-state index in [4.69, 9.17) is 0 Å². The molecule has 0 radical (unpaired) electrons. The molecule has 0 bridgehead atoms. The van der Waals surface area contributed by atoms with E-state index in [1.807, 2.05) is 0 Å². The second-order valence-corrected chi connectivity index (χ2v) is 5.95. The molecule has 114 valence electrons. The Morgan fingerprint density at radius 1 is 0.800 bits per heavy atom. The van der Waals surface area contributed by atoms with Gasteiger partial charge in [0, 0.05) is 13.1 Å². The van der Waals surface area contributed by atoms with Crippen LogP contribution >= 0.6 is 12.4 Å². The van der Waals surface area contributed by atoms with Gasteiger partial charge in [0.25, 0.3) is 0 Å². The third-order valence-electron chi connectivity index (χ3n) is 4.23. The van der Waals surface area contributed by atoms with Crippen LogP contribution in [0.2, 0.25) is 0 Å². The molecule has 1 aromatic rings. The largest absolute Gasteiger partial charge is 0.295 e. The number of rotatable bonds is 9. The molecule has 0 atom stereocenters. The van der Waals surface area contributed by atoms with Crippen LogP contribution in [0, 0.1) is 0 Å². The lowest BCUT2D eigenvalue weighted by Crippen LogP contribution is -2.17. The third-order valence-corrected chi connectivity index (χ3v) is 4.23. The highest BCUT2D eigenvalue weighted by Gasteiger charge is 2.16. The molecule has 20 heavy (non-hydrogen) atoms. The summed E-state index contributed by atoms with van der Waals surface area (Å²) in [6.07, 6.45) is 11.3. The van der Waals surface area contributed by atoms with Gasteiger partial charge >= 0.3 is 0 Å². The zero-order valence-electron chi connectivity index (χ0n) is 12.9. The summed E-state index contributed by atoms with van der Waals surface area (Å²) < 4.78 is 0. The predicted octanol–water partition coefficient (Wildman–Crippen LogP) is 5.56. The first-order valence-electron chi connectivity index (χ1n) is 8.19. The number of hydrogen-bond donors (Lipinski definition) is 0. The van der Waals surface area contributed by atoms with E-state index in [9.17, 15) is 0 Å². The normalized spacial score (nSPS) is 14.1. The molecule has 0 fully saturated rings. The van der Waals surface area contributed by atoms with Crippen molar-refractivity contribution in [1.82, 2.24) is 4.90 Å². The molecular weight excluding hydrogens is 266 g/mol. The van der Waals surface area contributed by atoms with Gasteiger partial charge in [0.05, 0.1) is 0 Å². The number of nitrogens with zero attached hydrogens (tertiary/aromatic N) is 1. The summed E-state index contributed by atoms with van der Waals surface area (Å²) in [5.74, 6) is 0. The van der Waals surface area contributed by atoms with E-state index in [0.717, 1.165) is 0 Å². The van der Waals surface area contributed by atoms with E-state index in [1.165, 1.54) is 71.0 Å². The van der Waals surface area contributed by atoms with Crippen molar-refractivity contribution in [2.24, 2.45) is 0 Å². The number of hydrogen-bond acceptors (Lipinski definition) is 1. The molecule has 0 aromatic heterocycles. The summed E-state index contributed by atoms with van der Waals surface area (Å²) in [5, 5.41) is 0. The van der Waals surface area contributed by atoms with E-state index in [2.05, 4.69) is 36.1 Å². The fourth-order valence-electron chi connectivity index (χ4n) is 3.03. The van der Waals surface area contributed by atoms with Crippen molar-refractivity contribution >= 4 is 12.4 Å². The molecule has 1 nitrogen and oxygen atoms in total. The van der Waals surface area contributed by atoms with Gasteiger partial charge in [0.2, 0.25) is 0 Å². The molecular formula is C18H30ClN. The molecule has 0 unspecified atom stereocenters. The minimum atomic E-state index is 0. The van der Waals surface area contributed by atoms with Crippen molar-refractivity contribution in [2.45, 2.75) is 71.4 Å². The third kappa shape index (κ3) is 5.85. The van der Waals surface area contributed by atoms with Crippen molar-refractivity contribution in [3.05, 3.63) is 35.4 Å². The highest BCUT2D eigenvalue weighted by atomic mass is 35.5. The van der Waals surface area contributed by atoms with Crippen molar-refractivity contribution in [2.75, 3.05) is 6.54 Å². The summed E-state index contributed by atoms with van der Waals surface area (Å²) in [5.41, 5.74) is 3.09. The lowest BCUT2D eigenvalue weighted by atomic mass is 10.1. The first kappa shape index (κ1) is 17.5. The fraction of sp³-hybridized carbons (Fsp3) is 0.667. The summed E-state index contributed by atoms with van der Waals surface area (Å²) in [6, 6.07) is 8.89. The van der Waals surface area contributed by atoms with Crippen LogP contribution in [-0.4, -0.2) is 11.4 Å². The molecule has 0 saturated heterocycles. The summed E-state index contributed by atoms with van der Waals surface area (Å²) in [6.45, 7) is 5.91. The molecule has 2 rings (SSSR count). The van der Waals surface area contributed by atoms with Gasteiger partial charge < -0.3 is 0 Å². The average Bonchev–Trinajstić information content (AvgIpc) is 2.84. The van der Waals surface area contributed by atoms with Crippen LogP contribution in [-0.2, 0) is 13.1 Å². The van der Waals surface area contributed by atoms with Crippen LogP contribution in [0.25, 0.3) is 0 Å². The van der Waals surface area contributed by atoms with E-state index in [1.54, 1.807) is 11.1 Å². The molecule has 0 saturated carbocycles. The van der Waals surface area contributed by atoms with E-state index >= 15 is 0 Å². The Kier molecular flexibility index (Phi) is 8.97. The molecule has 1 aliphatic rings. The van der Waals surface area contributed by atoms with Crippen LogP contribution in [0.5, 0.6) is 0 Å². The second kappa shape index (κ2) is 10.2. The van der Waals surface area contributed by atoms with Crippen molar-refractivity contribution < 1.29 is 0 Å². The summed E-state index contributed by atoms with van der Waals surface area (Å²) in [4.78, 5) is 2.60. The monoisotopic (exact) mass is 295 g/mol. The van der Waals surface area contributed by atoms with Crippen LogP contribution in [0.4, 0.5) is 0 Å². The zero-order valence-corrected chi connectivity index (χ0v) is 13.8. The van der Waals surface area contributed by atoms with Gasteiger partial charge in [-0.25, -0.2) is 0 Å². The van der Waals surface area contributed by atoms with Crippen molar-refractivity contribution in [3.63, 3.8) is 0 Å². The number of unbranched alkanes of at least 4 members (excludes halogenated alkanes) is 7. The minimum absolute atomic E-state index is 0. The highest BCUT2D eigenvalue weighted by molar-refractivity contribution is 5.85. The van der Waals surface area contributed by atoms with Gasteiger partial charge in [-0.05, 0) is 24.1 Å². The van der Waals surface area contributed by atoms with Gasteiger partial charge in [-0.2, -0.15) is 0 Å². The van der Waals surface area contributed by atoms with Gasteiger partial charge in [-0.1, -0.05) is 76.1 Å². The molecule has 1 aromatic carbocycles. The lowest BCUT2D eigenvalue weighted by molar-refractivity contribution is 0.276. The number of fused-ring (bicyclic) bond motifs is 1. The maximum Gasteiger partial charge on any atom is 0.0240 e.